The highest BCUT2D eigenvalue weighted by atomic mass is 16.6. The molecule has 0 spiro atoms. The molecule has 0 amide bonds. The van der Waals surface area contributed by atoms with Crippen molar-refractivity contribution in [3.05, 3.63) is 12.2 Å². The Balaban J connectivity index is 2.32. The van der Waals surface area contributed by atoms with Gasteiger partial charge >= 0.3 is 5.97 Å². The van der Waals surface area contributed by atoms with Crippen LogP contribution in [0.15, 0.2) is 12.2 Å². The SMILES string of the molecule is C=C(C)C(=O)OCC1(OC)CCC1. The van der Waals surface area contributed by atoms with E-state index in [1.807, 2.05) is 0 Å². The summed E-state index contributed by atoms with van der Waals surface area (Å²) >= 11 is 0. The molecule has 0 unspecified atom stereocenters. The molecule has 13 heavy (non-hydrogen) atoms. The Bertz CT molecular complexity index is 211. The molecule has 3 heteroatoms. The maximum atomic E-state index is 11.1. The van der Waals surface area contributed by atoms with E-state index in [4.69, 9.17) is 9.47 Å². The third-order valence-electron chi connectivity index (χ3n) is 2.51. The molecule has 0 aromatic heterocycles. The Morgan fingerprint density at radius 1 is 1.54 bits per heavy atom. The van der Waals surface area contributed by atoms with E-state index in [9.17, 15) is 4.79 Å². The lowest BCUT2D eigenvalue weighted by Crippen LogP contribution is -2.44. The molecular formula is C10H16O3. The highest BCUT2D eigenvalue weighted by Crippen LogP contribution is 2.35. The van der Waals surface area contributed by atoms with Crippen molar-refractivity contribution < 1.29 is 14.3 Å². The summed E-state index contributed by atoms with van der Waals surface area (Å²) in [5.41, 5.74) is 0.232. The van der Waals surface area contributed by atoms with Gasteiger partial charge in [0.05, 0.1) is 0 Å². The first kappa shape index (κ1) is 10.3. The van der Waals surface area contributed by atoms with Crippen LogP contribution in [-0.4, -0.2) is 25.3 Å². The van der Waals surface area contributed by atoms with Crippen LogP contribution in [0.3, 0.4) is 0 Å². The molecule has 0 atom stereocenters. The van der Waals surface area contributed by atoms with Gasteiger partial charge in [-0.15, -0.1) is 0 Å². The Hall–Kier alpha value is -0.830. The molecule has 0 aromatic carbocycles. The number of carbonyl (C=O) groups excluding carboxylic acids is 1. The second-order valence-corrected chi connectivity index (χ2v) is 3.60. The van der Waals surface area contributed by atoms with Gasteiger partial charge in [-0.3, -0.25) is 0 Å². The quantitative estimate of drug-likeness (QED) is 0.492. The number of carbonyl (C=O) groups is 1. The van der Waals surface area contributed by atoms with Gasteiger partial charge in [0, 0.05) is 12.7 Å². The normalized spacial score (nSPS) is 18.9. The Kier molecular flexibility index (Phi) is 3.09. The summed E-state index contributed by atoms with van der Waals surface area (Å²) < 4.78 is 10.3. The van der Waals surface area contributed by atoms with Gasteiger partial charge in [0.25, 0.3) is 0 Å². The lowest BCUT2D eigenvalue weighted by atomic mass is 9.81. The van der Waals surface area contributed by atoms with Gasteiger partial charge in [-0.25, -0.2) is 4.79 Å². The predicted octanol–water partition coefficient (Wildman–Crippen LogP) is 1.67. The van der Waals surface area contributed by atoms with E-state index in [2.05, 4.69) is 6.58 Å². The highest BCUT2D eigenvalue weighted by Gasteiger charge is 2.38. The van der Waals surface area contributed by atoms with Crippen LogP contribution in [-0.2, 0) is 14.3 Å². The molecule has 0 aromatic rings. The zero-order valence-electron chi connectivity index (χ0n) is 8.26. The number of esters is 1. The Morgan fingerprint density at radius 3 is 2.46 bits per heavy atom. The fraction of sp³-hybridized carbons (Fsp3) is 0.700. The molecule has 3 nitrogen and oxygen atoms in total. The van der Waals surface area contributed by atoms with Crippen molar-refractivity contribution in [2.75, 3.05) is 13.7 Å². The summed E-state index contributed by atoms with van der Waals surface area (Å²) in [5.74, 6) is -0.330. The molecular weight excluding hydrogens is 168 g/mol. The fourth-order valence-corrected chi connectivity index (χ4v) is 1.30. The average molecular weight is 184 g/mol. The number of ether oxygens (including phenoxy) is 2. The average Bonchev–Trinajstić information content (AvgIpc) is 2.02. The van der Waals surface area contributed by atoms with Crippen molar-refractivity contribution in [2.45, 2.75) is 31.8 Å². The minimum atomic E-state index is -0.330. The van der Waals surface area contributed by atoms with Crippen molar-refractivity contribution >= 4 is 5.97 Å². The third-order valence-corrected chi connectivity index (χ3v) is 2.51. The molecule has 0 radical (unpaired) electrons. The molecule has 0 saturated heterocycles. The van der Waals surface area contributed by atoms with Gasteiger partial charge in [0.1, 0.15) is 12.2 Å². The number of methoxy groups -OCH3 is 1. The first-order valence-corrected chi connectivity index (χ1v) is 4.47. The van der Waals surface area contributed by atoms with E-state index < -0.39 is 0 Å². The van der Waals surface area contributed by atoms with E-state index in [0.29, 0.717) is 12.2 Å². The molecule has 1 aliphatic carbocycles. The lowest BCUT2D eigenvalue weighted by Gasteiger charge is -2.39. The Labute approximate surface area is 78.7 Å². The molecule has 0 aliphatic heterocycles. The van der Waals surface area contributed by atoms with Crippen LogP contribution in [0.1, 0.15) is 26.2 Å². The maximum absolute atomic E-state index is 11.1. The van der Waals surface area contributed by atoms with Crippen LogP contribution in [0, 0.1) is 0 Å². The summed E-state index contributed by atoms with van der Waals surface area (Å²) in [4.78, 5) is 11.1. The van der Waals surface area contributed by atoms with E-state index >= 15 is 0 Å². The second-order valence-electron chi connectivity index (χ2n) is 3.60. The minimum absolute atomic E-state index is 0.203. The first-order chi connectivity index (χ1) is 6.09. The third kappa shape index (κ3) is 2.31. The monoisotopic (exact) mass is 184 g/mol. The number of hydrogen-bond acceptors (Lipinski definition) is 3. The van der Waals surface area contributed by atoms with Gasteiger partial charge in [0.15, 0.2) is 0 Å². The van der Waals surface area contributed by atoms with E-state index in [-0.39, 0.29) is 11.6 Å². The van der Waals surface area contributed by atoms with Crippen LogP contribution in [0.25, 0.3) is 0 Å². The summed E-state index contributed by atoms with van der Waals surface area (Å²) in [5, 5.41) is 0. The van der Waals surface area contributed by atoms with Gasteiger partial charge in [0.2, 0.25) is 0 Å². The first-order valence-electron chi connectivity index (χ1n) is 4.47. The molecule has 1 fully saturated rings. The summed E-state index contributed by atoms with van der Waals surface area (Å²) in [7, 11) is 1.66. The van der Waals surface area contributed by atoms with Gasteiger partial charge in [-0.05, 0) is 26.2 Å². The van der Waals surface area contributed by atoms with Crippen LogP contribution in [0.4, 0.5) is 0 Å². The van der Waals surface area contributed by atoms with Crippen LogP contribution >= 0.6 is 0 Å². The topological polar surface area (TPSA) is 35.5 Å². The van der Waals surface area contributed by atoms with Crippen molar-refractivity contribution in [1.82, 2.24) is 0 Å². The van der Waals surface area contributed by atoms with Gasteiger partial charge in [-0.2, -0.15) is 0 Å². The van der Waals surface area contributed by atoms with E-state index in [0.717, 1.165) is 19.3 Å². The minimum Gasteiger partial charge on any atom is -0.459 e. The van der Waals surface area contributed by atoms with Crippen molar-refractivity contribution in [1.29, 1.82) is 0 Å². The maximum Gasteiger partial charge on any atom is 0.333 e. The largest absolute Gasteiger partial charge is 0.459 e. The predicted molar refractivity (Wildman–Crippen MR) is 49.4 cm³/mol. The standard InChI is InChI=1S/C10H16O3/c1-8(2)9(11)13-7-10(12-3)5-4-6-10/h1,4-7H2,2-3H3. The van der Waals surface area contributed by atoms with E-state index in [1.54, 1.807) is 14.0 Å². The van der Waals surface area contributed by atoms with Crippen molar-refractivity contribution in [3.63, 3.8) is 0 Å². The smallest absolute Gasteiger partial charge is 0.333 e. The van der Waals surface area contributed by atoms with Crippen LogP contribution < -0.4 is 0 Å². The Morgan fingerprint density at radius 2 is 2.15 bits per heavy atom. The molecule has 0 heterocycles. The molecule has 1 saturated carbocycles. The zero-order chi connectivity index (χ0) is 9.90. The van der Waals surface area contributed by atoms with Crippen LogP contribution in [0.5, 0.6) is 0 Å². The van der Waals surface area contributed by atoms with Gasteiger partial charge in [-0.1, -0.05) is 6.58 Å². The summed E-state index contributed by atoms with van der Waals surface area (Å²) in [6.07, 6.45) is 3.11. The van der Waals surface area contributed by atoms with Gasteiger partial charge < -0.3 is 9.47 Å². The molecule has 0 N–H and O–H groups in total. The fourth-order valence-electron chi connectivity index (χ4n) is 1.30. The zero-order valence-corrected chi connectivity index (χ0v) is 8.26. The van der Waals surface area contributed by atoms with Crippen molar-refractivity contribution in [3.8, 4) is 0 Å². The lowest BCUT2D eigenvalue weighted by molar-refractivity contribution is -0.158. The van der Waals surface area contributed by atoms with Crippen LogP contribution in [0.2, 0.25) is 0 Å². The number of hydrogen-bond donors (Lipinski definition) is 0. The molecule has 1 aliphatic rings. The molecule has 74 valence electrons. The number of rotatable bonds is 4. The summed E-state index contributed by atoms with van der Waals surface area (Å²) in [6, 6.07) is 0. The van der Waals surface area contributed by atoms with E-state index in [1.165, 1.54) is 0 Å². The second kappa shape index (κ2) is 3.92. The molecule has 0 bridgehead atoms. The van der Waals surface area contributed by atoms with Crippen molar-refractivity contribution in [2.24, 2.45) is 0 Å². The highest BCUT2D eigenvalue weighted by molar-refractivity contribution is 5.86. The molecule has 1 rings (SSSR count). The summed E-state index contributed by atoms with van der Waals surface area (Å²) in [6.45, 7) is 5.51.